The Hall–Kier alpha value is 0.460. The maximum absolute atomic E-state index is 10.4. The Labute approximate surface area is 100 Å². The maximum Gasteiger partial charge on any atom is 0.329 e. The summed E-state index contributed by atoms with van der Waals surface area (Å²) in [6.45, 7) is 8.90. The quantitative estimate of drug-likeness (QED) is 0.694. The molecule has 6 nitrogen and oxygen atoms in total. The Balaban J connectivity index is -0.000000200. The molecule has 1 atom stereocenters. The van der Waals surface area contributed by atoms with Crippen LogP contribution < -0.4 is 6.15 Å². The summed E-state index contributed by atoms with van der Waals surface area (Å²) in [7, 11) is -3.21. The lowest BCUT2D eigenvalue weighted by molar-refractivity contribution is 0.216. The van der Waals surface area contributed by atoms with Crippen LogP contribution in [0.5, 0.6) is 0 Å². The Morgan fingerprint density at radius 3 is 1.69 bits per heavy atom. The van der Waals surface area contributed by atoms with Crippen LogP contribution in [0.2, 0.25) is 0 Å². The van der Waals surface area contributed by atoms with Crippen molar-refractivity contribution < 1.29 is 23.0 Å². The largest absolute Gasteiger partial charge is 0.344 e. The molecule has 0 aliphatic rings. The van der Waals surface area contributed by atoms with E-state index < -0.39 is 16.6 Å². The summed E-state index contributed by atoms with van der Waals surface area (Å²) in [4.78, 5) is 8.67. The van der Waals surface area contributed by atoms with E-state index in [0.717, 1.165) is 0 Å². The Morgan fingerprint density at radius 2 is 1.50 bits per heavy atom. The van der Waals surface area contributed by atoms with Crippen molar-refractivity contribution in [3.05, 3.63) is 0 Å². The summed E-state index contributed by atoms with van der Waals surface area (Å²) in [6, 6.07) is 0. The van der Waals surface area contributed by atoms with Gasteiger partial charge in [-0.2, -0.15) is 0 Å². The third kappa shape index (κ3) is 19.9. The summed E-state index contributed by atoms with van der Waals surface area (Å²) in [5, 5.41) is 0. The molecular formula is C8H25NO5P2. The molecule has 0 spiro atoms. The standard InChI is InChI=1S/C4H11O3P.C4H11O2P.H3N/c1-3-6-8(5)7-4-2;1-3-6-7(5)4-2;/h5H,3-4H2,1-2H3;7H,3-4H2,1-2H3;1H3. The second-order valence-electron chi connectivity index (χ2n) is 2.23. The molecule has 0 fully saturated rings. The van der Waals surface area contributed by atoms with Gasteiger partial charge in [0.15, 0.2) is 8.03 Å². The number of hydrogen-bond donors (Lipinski definition) is 2. The molecule has 0 aromatic rings. The molecule has 0 radical (unpaired) electrons. The SMILES string of the molecule is CCOP(O)OCC.CCO[PH](=O)CC.N. The second kappa shape index (κ2) is 17.8. The molecule has 0 aliphatic heterocycles. The predicted octanol–water partition coefficient (Wildman–Crippen LogP) is 2.96. The fourth-order valence-electron chi connectivity index (χ4n) is 0.521. The molecule has 0 aromatic carbocycles. The van der Waals surface area contributed by atoms with Gasteiger partial charge in [-0.15, -0.1) is 0 Å². The van der Waals surface area contributed by atoms with E-state index >= 15 is 0 Å². The molecule has 4 N–H and O–H groups in total. The molecule has 8 heteroatoms. The topological polar surface area (TPSA) is 100.0 Å². The maximum atomic E-state index is 10.4. The molecule has 0 amide bonds. The third-order valence-corrected chi connectivity index (χ3v) is 3.22. The zero-order valence-corrected chi connectivity index (χ0v) is 12.5. The first-order chi connectivity index (χ1) is 7.12. The van der Waals surface area contributed by atoms with Crippen LogP contribution in [-0.4, -0.2) is 30.9 Å². The van der Waals surface area contributed by atoms with Crippen molar-refractivity contribution in [3.8, 4) is 0 Å². The summed E-state index contributed by atoms with van der Waals surface area (Å²) >= 11 is 0. The zero-order valence-electron chi connectivity index (χ0n) is 10.6. The fourth-order valence-corrected chi connectivity index (χ4v) is 1.56. The first-order valence-electron chi connectivity index (χ1n) is 5.02. The first kappa shape index (κ1) is 21.7. The Kier molecular flexibility index (Phi) is 24.2. The van der Waals surface area contributed by atoms with Gasteiger partial charge in [-0.3, -0.25) is 4.57 Å². The molecule has 1 unspecified atom stereocenters. The first-order valence-corrected chi connectivity index (χ1v) is 7.68. The van der Waals surface area contributed by atoms with E-state index in [4.69, 9.17) is 9.42 Å². The molecule has 0 rings (SSSR count). The van der Waals surface area contributed by atoms with Crippen LogP contribution in [0.1, 0.15) is 27.7 Å². The summed E-state index contributed by atoms with van der Waals surface area (Å²) in [5.41, 5.74) is 0. The van der Waals surface area contributed by atoms with Crippen LogP contribution in [0, 0.1) is 0 Å². The van der Waals surface area contributed by atoms with Crippen LogP contribution in [0.4, 0.5) is 0 Å². The van der Waals surface area contributed by atoms with E-state index in [-0.39, 0.29) is 6.15 Å². The van der Waals surface area contributed by atoms with E-state index in [0.29, 0.717) is 26.0 Å². The smallest absolute Gasteiger partial charge is 0.329 e. The highest BCUT2D eigenvalue weighted by Gasteiger charge is 2.00. The van der Waals surface area contributed by atoms with Crippen LogP contribution in [0.25, 0.3) is 0 Å². The van der Waals surface area contributed by atoms with Gasteiger partial charge in [-0.05, 0) is 20.8 Å². The molecule has 0 bridgehead atoms. The lowest BCUT2D eigenvalue weighted by Crippen LogP contribution is -1.87. The predicted molar refractivity (Wildman–Crippen MR) is 68.6 cm³/mol. The highest BCUT2D eigenvalue weighted by atomic mass is 31.2. The molecule has 0 aliphatic carbocycles. The van der Waals surface area contributed by atoms with E-state index in [9.17, 15) is 4.57 Å². The lowest BCUT2D eigenvalue weighted by atomic mass is 10.9. The minimum Gasteiger partial charge on any atom is -0.344 e. The van der Waals surface area contributed by atoms with Gasteiger partial charge < -0.3 is 24.6 Å². The zero-order chi connectivity index (χ0) is 12.1. The average Bonchev–Trinajstić information content (AvgIpc) is 2.20. The molecule has 0 saturated carbocycles. The molecule has 0 aromatic heterocycles. The van der Waals surface area contributed by atoms with E-state index in [2.05, 4.69) is 9.05 Å². The van der Waals surface area contributed by atoms with E-state index in [1.807, 2.05) is 27.7 Å². The van der Waals surface area contributed by atoms with Gasteiger partial charge in [0.2, 0.25) is 0 Å². The van der Waals surface area contributed by atoms with Gasteiger partial charge in [0.1, 0.15) is 0 Å². The van der Waals surface area contributed by atoms with Crippen molar-refractivity contribution in [2.24, 2.45) is 0 Å². The lowest BCUT2D eigenvalue weighted by Gasteiger charge is -2.05. The van der Waals surface area contributed by atoms with Crippen molar-refractivity contribution in [3.63, 3.8) is 0 Å². The van der Waals surface area contributed by atoms with Gasteiger partial charge in [0.25, 0.3) is 0 Å². The highest BCUT2D eigenvalue weighted by Crippen LogP contribution is 2.31. The van der Waals surface area contributed by atoms with Crippen LogP contribution in [0.3, 0.4) is 0 Å². The van der Waals surface area contributed by atoms with Gasteiger partial charge >= 0.3 is 8.60 Å². The average molecular weight is 277 g/mol. The molecule has 102 valence electrons. The molecule has 0 heterocycles. The fraction of sp³-hybridized carbons (Fsp3) is 1.00. The van der Waals surface area contributed by atoms with Crippen LogP contribution >= 0.6 is 16.6 Å². The Morgan fingerprint density at radius 1 is 1.06 bits per heavy atom. The van der Waals surface area contributed by atoms with Gasteiger partial charge in [-0.1, -0.05) is 6.92 Å². The van der Waals surface area contributed by atoms with Crippen molar-refractivity contribution >= 4 is 16.6 Å². The van der Waals surface area contributed by atoms with Gasteiger partial charge in [0, 0.05) is 6.16 Å². The summed E-state index contributed by atoms with van der Waals surface area (Å²) in [5.74, 6) is 0. The number of rotatable bonds is 7. The van der Waals surface area contributed by atoms with Crippen molar-refractivity contribution in [2.75, 3.05) is 26.0 Å². The van der Waals surface area contributed by atoms with Crippen molar-refractivity contribution in [1.82, 2.24) is 6.15 Å². The number of hydrogen-bond acceptors (Lipinski definition) is 6. The minimum absolute atomic E-state index is 0. The third-order valence-electron chi connectivity index (χ3n) is 1.07. The normalized spacial score (nSPS) is 11.4. The summed E-state index contributed by atoms with van der Waals surface area (Å²) in [6.07, 6.45) is 0.665. The van der Waals surface area contributed by atoms with Crippen molar-refractivity contribution in [1.29, 1.82) is 0 Å². The molecular weight excluding hydrogens is 252 g/mol. The van der Waals surface area contributed by atoms with E-state index in [1.54, 1.807) is 0 Å². The van der Waals surface area contributed by atoms with E-state index in [1.165, 1.54) is 0 Å². The Bertz CT molecular complexity index is 144. The van der Waals surface area contributed by atoms with Crippen LogP contribution in [0.15, 0.2) is 0 Å². The van der Waals surface area contributed by atoms with Gasteiger partial charge in [-0.25, -0.2) is 0 Å². The van der Waals surface area contributed by atoms with Crippen LogP contribution in [-0.2, 0) is 18.1 Å². The molecule has 16 heavy (non-hydrogen) atoms. The minimum atomic E-state index is -1.63. The summed E-state index contributed by atoms with van der Waals surface area (Å²) < 4.78 is 24.5. The highest BCUT2D eigenvalue weighted by molar-refractivity contribution is 7.40. The van der Waals surface area contributed by atoms with Crippen molar-refractivity contribution in [2.45, 2.75) is 27.7 Å². The second-order valence-corrected chi connectivity index (χ2v) is 4.96. The molecule has 0 saturated heterocycles. The monoisotopic (exact) mass is 277 g/mol. The van der Waals surface area contributed by atoms with Gasteiger partial charge in [0.05, 0.1) is 19.8 Å².